The van der Waals surface area contributed by atoms with E-state index in [9.17, 15) is 0 Å². The number of nitrogens with zero attached hydrogens (tertiary/aromatic N) is 3. The average Bonchev–Trinajstić information content (AvgIpc) is 2.83. The molecule has 2 N–H and O–H groups in total. The molecule has 16 heavy (non-hydrogen) atoms. The molecule has 0 amide bonds. The number of hydrogen-bond acceptors (Lipinski definition) is 3. The summed E-state index contributed by atoms with van der Waals surface area (Å²) in [5.74, 6) is 0. The molecule has 0 radical (unpaired) electrons. The van der Waals surface area contributed by atoms with Gasteiger partial charge in [-0.15, -0.1) is 0 Å². The van der Waals surface area contributed by atoms with Gasteiger partial charge in [0, 0.05) is 24.0 Å². The first-order valence-corrected chi connectivity index (χ1v) is 4.98. The number of benzene rings is 1. The van der Waals surface area contributed by atoms with E-state index in [1.807, 2.05) is 35.0 Å². The summed E-state index contributed by atoms with van der Waals surface area (Å²) in [5, 5.41) is 1.03. The van der Waals surface area contributed by atoms with Crippen molar-refractivity contribution < 1.29 is 0 Å². The van der Waals surface area contributed by atoms with Gasteiger partial charge in [0.05, 0.1) is 23.2 Å². The third-order valence-electron chi connectivity index (χ3n) is 2.56. The topological polar surface area (TPSA) is 56.7 Å². The zero-order chi connectivity index (χ0) is 11.0. The molecule has 3 rings (SSSR count). The lowest BCUT2D eigenvalue weighted by atomic mass is 10.1. The smallest absolute Gasteiger partial charge is 0.0991 e. The lowest BCUT2D eigenvalue weighted by Gasteiger charge is -2.08. The molecule has 4 nitrogen and oxygen atoms in total. The Labute approximate surface area is 92.4 Å². The minimum atomic E-state index is 0.694. The van der Waals surface area contributed by atoms with Crippen LogP contribution in [0.5, 0.6) is 0 Å². The first-order valence-electron chi connectivity index (χ1n) is 4.98. The zero-order valence-electron chi connectivity index (χ0n) is 8.54. The van der Waals surface area contributed by atoms with E-state index in [1.54, 1.807) is 18.7 Å². The van der Waals surface area contributed by atoms with Crippen LogP contribution in [0, 0.1) is 0 Å². The fraction of sp³-hybridized carbons (Fsp3) is 0. The number of anilines is 1. The van der Waals surface area contributed by atoms with E-state index in [2.05, 4.69) is 9.97 Å². The average molecular weight is 210 g/mol. The predicted octanol–water partition coefficient (Wildman–Crippen LogP) is 2.00. The standard InChI is InChI=1S/C12H10N4/c13-10-3-4-11(16-7-6-14-8-16)9-2-1-5-15-12(9)10/h1-8H,13H2. The van der Waals surface area contributed by atoms with Gasteiger partial charge in [-0.3, -0.25) is 4.98 Å². The summed E-state index contributed by atoms with van der Waals surface area (Å²) in [4.78, 5) is 8.33. The number of rotatable bonds is 1. The van der Waals surface area contributed by atoms with E-state index in [4.69, 9.17) is 5.73 Å². The second-order valence-electron chi connectivity index (χ2n) is 3.54. The minimum Gasteiger partial charge on any atom is -0.397 e. The molecule has 0 saturated heterocycles. The maximum Gasteiger partial charge on any atom is 0.0991 e. The highest BCUT2D eigenvalue weighted by molar-refractivity contribution is 5.95. The van der Waals surface area contributed by atoms with Crippen LogP contribution in [0.4, 0.5) is 5.69 Å². The molecule has 0 saturated carbocycles. The van der Waals surface area contributed by atoms with Crippen molar-refractivity contribution in [2.45, 2.75) is 0 Å². The van der Waals surface area contributed by atoms with E-state index in [-0.39, 0.29) is 0 Å². The Morgan fingerprint density at radius 3 is 2.88 bits per heavy atom. The van der Waals surface area contributed by atoms with Crippen LogP contribution in [-0.4, -0.2) is 14.5 Å². The van der Waals surface area contributed by atoms with Gasteiger partial charge in [-0.1, -0.05) is 0 Å². The molecule has 4 heteroatoms. The van der Waals surface area contributed by atoms with Crippen molar-refractivity contribution in [3.05, 3.63) is 49.2 Å². The Bertz CT molecular complexity index is 629. The second kappa shape index (κ2) is 3.34. The summed E-state index contributed by atoms with van der Waals surface area (Å²) in [6.07, 6.45) is 7.16. The summed E-state index contributed by atoms with van der Waals surface area (Å²) in [7, 11) is 0. The highest BCUT2D eigenvalue weighted by Crippen LogP contribution is 2.24. The van der Waals surface area contributed by atoms with Crippen LogP contribution in [0.15, 0.2) is 49.2 Å². The molecule has 2 heterocycles. The Morgan fingerprint density at radius 2 is 2.06 bits per heavy atom. The van der Waals surface area contributed by atoms with Gasteiger partial charge < -0.3 is 10.3 Å². The number of fused-ring (bicyclic) bond motifs is 1. The molecule has 3 aromatic rings. The molecule has 0 atom stereocenters. The van der Waals surface area contributed by atoms with Crippen molar-refractivity contribution in [1.82, 2.24) is 14.5 Å². The first-order chi connectivity index (χ1) is 7.86. The first kappa shape index (κ1) is 8.91. The van der Waals surface area contributed by atoms with Crippen molar-refractivity contribution in [1.29, 1.82) is 0 Å². The van der Waals surface area contributed by atoms with E-state index in [0.29, 0.717) is 5.69 Å². The minimum absolute atomic E-state index is 0.694. The Balaban J connectivity index is 2.39. The molecule has 0 aliphatic heterocycles. The highest BCUT2D eigenvalue weighted by atomic mass is 15.0. The molecule has 2 aromatic heterocycles. The zero-order valence-corrected chi connectivity index (χ0v) is 8.54. The van der Waals surface area contributed by atoms with Gasteiger partial charge in [-0.05, 0) is 24.3 Å². The summed E-state index contributed by atoms with van der Waals surface area (Å²) in [5.41, 5.74) is 8.45. The summed E-state index contributed by atoms with van der Waals surface area (Å²) in [6.45, 7) is 0. The van der Waals surface area contributed by atoms with Crippen molar-refractivity contribution in [3.8, 4) is 5.69 Å². The normalized spacial score (nSPS) is 10.8. The van der Waals surface area contributed by atoms with Crippen LogP contribution in [0.2, 0.25) is 0 Å². The van der Waals surface area contributed by atoms with Gasteiger partial charge in [-0.25, -0.2) is 4.98 Å². The van der Waals surface area contributed by atoms with E-state index >= 15 is 0 Å². The maximum atomic E-state index is 5.89. The lowest BCUT2D eigenvalue weighted by molar-refractivity contribution is 1.07. The number of nitrogens with two attached hydrogens (primary N) is 1. The molecule has 0 unspecified atom stereocenters. The summed E-state index contributed by atoms with van der Waals surface area (Å²) in [6, 6.07) is 7.75. The van der Waals surface area contributed by atoms with E-state index in [1.165, 1.54) is 0 Å². The second-order valence-corrected chi connectivity index (χ2v) is 3.54. The number of nitrogen functional groups attached to an aromatic ring is 1. The summed E-state index contributed by atoms with van der Waals surface area (Å²) >= 11 is 0. The molecule has 78 valence electrons. The molecule has 0 aliphatic rings. The monoisotopic (exact) mass is 210 g/mol. The fourth-order valence-corrected chi connectivity index (χ4v) is 1.81. The number of pyridine rings is 1. The number of aromatic nitrogens is 3. The number of hydrogen-bond donors (Lipinski definition) is 1. The van der Waals surface area contributed by atoms with Crippen LogP contribution in [-0.2, 0) is 0 Å². The van der Waals surface area contributed by atoms with Crippen molar-refractivity contribution in [3.63, 3.8) is 0 Å². The van der Waals surface area contributed by atoms with Gasteiger partial charge in [0.25, 0.3) is 0 Å². The largest absolute Gasteiger partial charge is 0.397 e. The van der Waals surface area contributed by atoms with Crippen molar-refractivity contribution >= 4 is 16.6 Å². The van der Waals surface area contributed by atoms with Crippen LogP contribution in [0.25, 0.3) is 16.6 Å². The lowest BCUT2D eigenvalue weighted by Crippen LogP contribution is -1.96. The van der Waals surface area contributed by atoms with Crippen molar-refractivity contribution in [2.24, 2.45) is 0 Å². The molecular weight excluding hydrogens is 200 g/mol. The quantitative estimate of drug-likeness (QED) is 0.625. The summed E-state index contributed by atoms with van der Waals surface area (Å²) < 4.78 is 1.95. The molecule has 1 aromatic carbocycles. The molecule has 0 fully saturated rings. The van der Waals surface area contributed by atoms with Gasteiger partial charge in [0.15, 0.2) is 0 Å². The molecule has 0 aliphatic carbocycles. The van der Waals surface area contributed by atoms with E-state index in [0.717, 1.165) is 16.6 Å². The van der Waals surface area contributed by atoms with Crippen LogP contribution >= 0.6 is 0 Å². The van der Waals surface area contributed by atoms with Crippen LogP contribution in [0.3, 0.4) is 0 Å². The third kappa shape index (κ3) is 1.24. The SMILES string of the molecule is Nc1ccc(-n2ccnc2)c2cccnc12. The van der Waals surface area contributed by atoms with Crippen LogP contribution < -0.4 is 5.73 Å². The van der Waals surface area contributed by atoms with Gasteiger partial charge in [0.1, 0.15) is 0 Å². The van der Waals surface area contributed by atoms with Gasteiger partial charge in [-0.2, -0.15) is 0 Å². The molecular formula is C12H10N4. The Kier molecular flexibility index (Phi) is 1.86. The van der Waals surface area contributed by atoms with Crippen molar-refractivity contribution in [2.75, 3.05) is 5.73 Å². The van der Waals surface area contributed by atoms with Gasteiger partial charge >= 0.3 is 0 Å². The Hall–Kier alpha value is -2.36. The maximum absolute atomic E-state index is 5.89. The predicted molar refractivity (Wildman–Crippen MR) is 63.3 cm³/mol. The molecule has 0 spiro atoms. The van der Waals surface area contributed by atoms with Crippen LogP contribution in [0.1, 0.15) is 0 Å². The third-order valence-corrected chi connectivity index (χ3v) is 2.56. The van der Waals surface area contributed by atoms with E-state index < -0.39 is 0 Å². The Morgan fingerprint density at radius 1 is 1.12 bits per heavy atom. The van der Waals surface area contributed by atoms with Gasteiger partial charge in [0.2, 0.25) is 0 Å². The highest BCUT2D eigenvalue weighted by Gasteiger charge is 2.05. The molecule has 0 bridgehead atoms. The fourth-order valence-electron chi connectivity index (χ4n) is 1.81. The number of imidazole rings is 1.